The van der Waals surface area contributed by atoms with E-state index in [0.29, 0.717) is 51.4 Å². The summed E-state index contributed by atoms with van der Waals surface area (Å²) < 4.78 is 0. The molecule has 0 amide bonds. The van der Waals surface area contributed by atoms with Gasteiger partial charge in [0.1, 0.15) is 0 Å². The molecule has 0 bridgehead atoms. The van der Waals surface area contributed by atoms with Crippen molar-refractivity contribution in [3.05, 3.63) is 12.2 Å². The molecule has 0 aliphatic rings. The SMILES string of the molecule is OCCC[C@@H](O)[C@H](O)CC/C=C\CC[C@@H](O)[C@H](O)CCCO. The summed E-state index contributed by atoms with van der Waals surface area (Å²) in [6.45, 7) is 0.0202. The maximum Gasteiger partial charge on any atom is 0.0802 e. The second-order valence-electron chi connectivity index (χ2n) is 5.63. The van der Waals surface area contributed by atoms with E-state index in [1.165, 1.54) is 0 Å². The highest BCUT2D eigenvalue weighted by Crippen LogP contribution is 2.11. The van der Waals surface area contributed by atoms with Crippen molar-refractivity contribution in [2.45, 2.75) is 75.8 Å². The molecular formula is C16H32O6. The predicted octanol–water partition coefficient (Wildman–Crippen LogP) is 0.0916. The Morgan fingerprint density at radius 3 is 1.18 bits per heavy atom. The summed E-state index contributed by atoms with van der Waals surface area (Å²) in [5.74, 6) is 0. The highest BCUT2D eigenvalue weighted by atomic mass is 16.3. The Hall–Kier alpha value is -0.500. The fourth-order valence-corrected chi connectivity index (χ4v) is 2.14. The van der Waals surface area contributed by atoms with Gasteiger partial charge < -0.3 is 30.6 Å². The number of rotatable bonds is 14. The van der Waals surface area contributed by atoms with Gasteiger partial charge in [0.05, 0.1) is 24.4 Å². The number of aliphatic hydroxyl groups excluding tert-OH is 6. The first-order valence-corrected chi connectivity index (χ1v) is 8.11. The zero-order valence-corrected chi connectivity index (χ0v) is 13.2. The van der Waals surface area contributed by atoms with Crippen LogP contribution in [0.15, 0.2) is 12.2 Å². The summed E-state index contributed by atoms with van der Waals surface area (Å²) in [7, 11) is 0. The maximum atomic E-state index is 9.69. The van der Waals surface area contributed by atoms with E-state index in [-0.39, 0.29) is 13.2 Å². The van der Waals surface area contributed by atoms with Crippen molar-refractivity contribution in [3.8, 4) is 0 Å². The van der Waals surface area contributed by atoms with Crippen molar-refractivity contribution in [1.29, 1.82) is 0 Å². The van der Waals surface area contributed by atoms with Crippen LogP contribution in [0, 0.1) is 0 Å². The summed E-state index contributed by atoms with van der Waals surface area (Å²) >= 11 is 0. The molecule has 6 N–H and O–H groups in total. The van der Waals surface area contributed by atoms with Crippen molar-refractivity contribution in [1.82, 2.24) is 0 Å². The van der Waals surface area contributed by atoms with E-state index in [4.69, 9.17) is 10.2 Å². The Bertz CT molecular complexity index is 245. The van der Waals surface area contributed by atoms with E-state index in [1.807, 2.05) is 12.2 Å². The summed E-state index contributed by atoms with van der Waals surface area (Å²) in [6, 6.07) is 0. The molecule has 0 unspecified atom stereocenters. The average Bonchev–Trinajstić information content (AvgIpc) is 2.52. The monoisotopic (exact) mass is 320 g/mol. The molecule has 0 spiro atoms. The Morgan fingerprint density at radius 1 is 0.545 bits per heavy atom. The van der Waals surface area contributed by atoms with Crippen LogP contribution in [-0.4, -0.2) is 68.3 Å². The van der Waals surface area contributed by atoms with Gasteiger partial charge >= 0.3 is 0 Å². The minimum atomic E-state index is -0.802. The zero-order valence-electron chi connectivity index (χ0n) is 13.2. The number of aliphatic hydroxyl groups is 6. The standard InChI is InChI=1S/C16H32O6/c17-11-5-9-15(21)13(19)7-3-1-2-4-8-14(20)16(22)10-6-12-18/h1-2,13-22H,3-12H2/b2-1-/t13-,14-,15-,16-/m1/s1. The topological polar surface area (TPSA) is 121 Å². The Kier molecular flexibility index (Phi) is 13.8. The molecule has 0 radical (unpaired) electrons. The summed E-state index contributed by atoms with van der Waals surface area (Å²) in [6.07, 6.45) is 4.46. The highest BCUT2D eigenvalue weighted by Gasteiger charge is 2.15. The van der Waals surface area contributed by atoms with Crippen molar-refractivity contribution >= 4 is 0 Å². The summed E-state index contributed by atoms with van der Waals surface area (Å²) in [5, 5.41) is 55.8. The second kappa shape index (κ2) is 14.1. The third-order valence-electron chi connectivity index (χ3n) is 3.63. The highest BCUT2D eigenvalue weighted by molar-refractivity contribution is 4.84. The molecule has 6 heteroatoms. The second-order valence-corrected chi connectivity index (χ2v) is 5.63. The van der Waals surface area contributed by atoms with Crippen LogP contribution in [0.3, 0.4) is 0 Å². The molecule has 0 saturated heterocycles. The Labute approximate surface area is 132 Å². The fourth-order valence-electron chi connectivity index (χ4n) is 2.14. The van der Waals surface area contributed by atoms with Gasteiger partial charge in [-0.15, -0.1) is 0 Å². The molecule has 0 saturated carbocycles. The van der Waals surface area contributed by atoms with Crippen LogP contribution in [-0.2, 0) is 0 Å². The van der Waals surface area contributed by atoms with Crippen molar-refractivity contribution in [2.24, 2.45) is 0 Å². The third-order valence-corrected chi connectivity index (χ3v) is 3.63. The van der Waals surface area contributed by atoms with Crippen LogP contribution < -0.4 is 0 Å². The van der Waals surface area contributed by atoms with Gasteiger partial charge in [0.25, 0.3) is 0 Å². The largest absolute Gasteiger partial charge is 0.396 e. The van der Waals surface area contributed by atoms with Crippen LogP contribution in [0.1, 0.15) is 51.4 Å². The molecule has 0 aromatic carbocycles. The van der Waals surface area contributed by atoms with Crippen LogP contribution in [0.25, 0.3) is 0 Å². The van der Waals surface area contributed by atoms with Gasteiger partial charge in [0.15, 0.2) is 0 Å². The summed E-state index contributed by atoms with van der Waals surface area (Å²) in [5.41, 5.74) is 0. The molecule has 6 nitrogen and oxygen atoms in total. The van der Waals surface area contributed by atoms with Crippen molar-refractivity contribution < 1.29 is 30.6 Å². The van der Waals surface area contributed by atoms with E-state index >= 15 is 0 Å². The lowest BCUT2D eigenvalue weighted by atomic mass is 10.0. The van der Waals surface area contributed by atoms with E-state index in [2.05, 4.69) is 0 Å². The van der Waals surface area contributed by atoms with Gasteiger partial charge in [0.2, 0.25) is 0 Å². The molecular weight excluding hydrogens is 288 g/mol. The zero-order chi connectivity index (χ0) is 16.8. The van der Waals surface area contributed by atoms with Crippen molar-refractivity contribution in [2.75, 3.05) is 13.2 Å². The van der Waals surface area contributed by atoms with Gasteiger partial charge in [-0.2, -0.15) is 0 Å². The molecule has 22 heavy (non-hydrogen) atoms. The van der Waals surface area contributed by atoms with E-state index in [9.17, 15) is 20.4 Å². The van der Waals surface area contributed by atoms with Gasteiger partial charge in [-0.3, -0.25) is 0 Å². The Balaban J connectivity index is 3.69. The van der Waals surface area contributed by atoms with E-state index in [0.717, 1.165) is 0 Å². The van der Waals surface area contributed by atoms with Crippen LogP contribution >= 0.6 is 0 Å². The molecule has 0 heterocycles. The van der Waals surface area contributed by atoms with Crippen LogP contribution in [0.2, 0.25) is 0 Å². The summed E-state index contributed by atoms with van der Waals surface area (Å²) in [4.78, 5) is 0. The minimum Gasteiger partial charge on any atom is -0.396 e. The molecule has 0 fully saturated rings. The first kappa shape index (κ1) is 21.5. The smallest absolute Gasteiger partial charge is 0.0802 e. The molecule has 0 aliphatic heterocycles. The first-order chi connectivity index (χ1) is 10.5. The predicted molar refractivity (Wildman–Crippen MR) is 84.3 cm³/mol. The molecule has 4 atom stereocenters. The normalized spacial score (nSPS) is 17.5. The van der Waals surface area contributed by atoms with Gasteiger partial charge in [0, 0.05) is 13.2 Å². The molecule has 0 rings (SSSR count). The fraction of sp³-hybridized carbons (Fsp3) is 0.875. The van der Waals surface area contributed by atoms with E-state index < -0.39 is 24.4 Å². The minimum absolute atomic E-state index is 0.0101. The molecule has 0 aromatic heterocycles. The number of hydrogen-bond donors (Lipinski definition) is 6. The van der Waals surface area contributed by atoms with Crippen molar-refractivity contribution in [3.63, 3.8) is 0 Å². The third kappa shape index (κ3) is 11.1. The maximum absolute atomic E-state index is 9.69. The Morgan fingerprint density at radius 2 is 0.864 bits per heavy atom. The lowest BCUT2D eigenvalue weighted by Crippen LogP contribution is -2.26. The quantitative estimate of drug-likeness (QED) is 0.252. The van der Waals surface area contributed by atoms with Gasteiger partial charge in [-0.1, -0.05) is 12.2 Å². The molecule has 0 aromatic rings. The van der Waals surface area contributed by atoms with Gasteiger partial charge in [-0.05, 0) is 51.4 Å². The van der Waals surface area contributed by atoms with Gasteiger partial charge in [-0.25, -0.2) is 0 Å². The lowest BCUT2D eigenvalue weighted by Gasteiger charge is -2.17. The molecule has 132 valence electrons. The number of allylic oxidation sites excluding steroid dienone is 2. The lowest BCUT2D eigenvalue weighted by molar-refractivity contribution is 0.00665. The average molecular weight is 320 g/mol. The van der Waals surface area contributed by atoms with Crippen LogP contribution in [0.5, 0.6) is 0 Å². The van der Waals surface area contributed by atoms with E-state index in [1.54, 1.807) is 0 Å². The molecule has 0 aliphatic carbocycles. The van der Waals surface area contributed by atoms with Crippen LogP contribution in [0.4, 0.5) is 0 Å². The first-order valence-electron chi connectivity index (χ1n) is 8.11. The number of hydrogen-bond acceptors (Lipinski definition) is 6.